The lowest BCUT2D eigenvalue weighted by molar-refractivity contribution is -0.132. The highest BCUT2D eigenvalue weighted by atomic mass is 32.1. The maximum absolute atomic E-state index is 13.9. The summed E-state index contributed by atoms with van der Waals surface area (Å²) in [6.07, 6.45) is 0. The fourth-order valence-electron chi connectivity index (χ4n) is 4.69. The number of carbonyl (C=O) groups excluding carboxylic acids is 2. The van der Waals surface area contributed by atoms with Gasteiger partial charge in [0.05, 0.1) is 21.8 Å². The number of rotatable bonds is 6. The summed E-state index contributed by atoms with van der Waals surface area (Å²) >= 11 is 1.11. The monoisotopic (exact) mass is 550 g/mol. The number of anilines is 1. The number of Topliss-reactive ketones (excluding diaryl/α,β-unsaturated/α-hetero) is 1. The number of hydrogen-bond acceptors (Lipinski definition) is 6. The van der Waals surface area contributed by atoms with Crippen LogP contribution in [0.2, 0.25) is 0 Å². The van der Waals surface area contributed by atoms with E-state index in [1.165, 1.54) is 23.1 Å². The summed E-state index contributed by atoms with van der Waals surface area (Å²) in [6.45, 7) is 2.30. The molecule has 1 N–H and O–H groups in total. The summed E-state index contributed by atoms with van der Waals surface area (Å²) in [6, 6.07) is 27.1. The second kappa shape index (κ2) is 10.4. The SMILES string of the molecule is Cc1ccc(/C(O)=C2\C(=O)C(=O)N(c3nc4ccc(F)cc4s3)C2c2ccc(OCc3ccccc3)cc2)cc1. The predicted octanol–water partition coefficient (Wildman–Crippen LogP) is 6.95. The van der Waals surface area contributed by atoms with Crippen molar-refractivity contribution < 1.29 is 23.8 Å². The first kappa shape index (κ1) is 25.5. The van der Waals surface area contributed by atoms with Crippen molar-refractivity contribution in [2.45, 2.75) is 19.6 Å². The van der Waals surface area contributed by atoms with Crippen LogP contribution in [-0.4, -0.2) is 21.8 Å². The van der Waals surface area contributed by atoms with E-state index < -0.39 is 23.5 Å². The van der Waals surface area contributed by atoms with Gasteiger partial charge in [0.1, 0.15) is 23.9 Å². The molecular formula is C32H23FN2O4S. The molecule has 198 valence electrons. The number of fused-ring (bicyclic) bond motifs is 1. The van der Waals surface area contributed by atoms with E-state index in [1.54, 1.807) is 36.4 Å². The number of carbonyl (C=O) groups is 2. The number of aliphatic hydroxyl groups excluding tert-OH is 1. The molecule has 6 rings (SSSR count). The van der Waals surface area contributed by atoms with Crippen LogP contribution in [0.4, 0.5) is 9.52 Å². The molecule has 1 amide bonds. The average Bonchev–Trinajstić information content (AvgIpc) is 3.50. The molecule has 0 aliphatic carbocycles. The first-order valence-corrected chi connectivity index (χ1v) is 13.4. The molecular weight excluding hydrogens is 527 g/mol. The minimum atomic E-state index is -0.949. The molecule has 1 unspecified atom stereocenters. The van der Waals surface area contributed by atoms with E-state index in [1.807, 2.05) is 49.4 Å². The third-order valence-electron chi connectivity index (χ3n) is 6.76. The Morgan fingerprint density at radius 1 is 0.975 bits per heavy atom. The lowest BCUT2D eigenvalue weighted by atomic mass is 9.95. The maximum atomic E-state index is 13.9. The van der Waals surface area contributed by atoms with Gasteiger partial charge in [-0.25, -0.2) is 9.37 Å². The Morgan fingerprint density at radius 2 is 1.70 bits per heavy atom. The molecule has 1 atom stereocenters. The van der Waals surface area contributed by atoms with Crippen molar-refractivity contribution in [2.75, 3.05) is 4.90 Å². The minimum absolute atomic E-state index is 0.0442. The molecule has 1 fully saturated rings. The Hall–Kier alpha value is -4.82. The van der Waals surface area contributed by atoms with Gasteiger partial charge < -0.3 is 9.84 Å². The molecule has 4 aromatic carbocycles. The molecule has 40 heavy (non-hydrogen) atoms. The van der Waals surface area contributed by atoms with Crippen LogP contribution in [0.5, 0.6) is 5.75 Å². The van der Waals surface area contributed by atoms with Crippen LogP contribution >= 0.6 is 11.3 Å². The van der Waals surface area contributed by atoms with E-state index in [4.69, 9.17) is 4.74 Å². The van der Waals surface area contributed by atoms with Crippen molar-refractivity contribution >= 4 is 44.1 Å². The third kappa shape index (κ3) is 4.74. The summed E-state index contributed by atoms with van der Waals surface area (Å²) in [4.78, 5) is 32.7. The summed E-state index contributed by atoms with van der Waals surface area (Å²) in [5.41, 5.74) is 3.47. The molecule has 1 aliphatic rings. The molecule has 1 aliphatic heterocycles. The van der Waals surface area contributed by atoms with Crippen molar-refractivity contribution in [3.63, 3.8) is 0 Å². The highest BCUT2D eigenvalue weighted by Crippen LogP contribution is 2.44. The van der Waals surface area contributed by atoms with E-state index in [-0.39, 0.29) is 16.5 Å². The first-order chi connectivity index (χ1) is 19.4. The Kier molecular flexibility index (Phi) is 6.61. The summed E-state index contributed by atoms with van der Waals surface area (Å²) in [5, 5.41) is 11.6. The second-order valence-electron chi connectivity index (χ2n) is 9.49. The molecule has 0 radical (unpaired) electrons. The average molecular weight is 551 g/mol. The van der Waals surface area contributed by atoms with Gasteiger partial charge in [-0.3, -0.25) is 14.5 Å². The van der Waals surface area contributed by atoms with Crippen LogP contribution < -0.4 is 9.64 Å². The molecule has 0 bridgehead atoms. The molecule has 1 aromatic heterocycles. The maximum Gasteiger partial charge on any atom is 0.301 e. The van der Waals surface area contributed by atoms with E-state index in [2.05, 4.69) is 4.98 Å². The van der Waals surface area contributed by atoms with Crippen LogP contribution in [-0.2, 0) is 16.2 Å². The van der Waals surface area contributed by atoms with E-state index in [0.29, 0.717) is 33.7 Å². The normalized spacial score (nSPS) is 16.6. The first-order valence-electron chi connectivity index (χ1n) is 12.6. The van der Waals surface area contributed by atoms with E-state index in [9.17, 15) is 19.1 Å². The Balaban J connectivity index is 1.43. The fourth-order valence-corrected chi connectivity index (χ4v) is 5.71. The highest BCUT2D eigenvalue weighted by Gasteiger charge is 2.48. The smallest absolute Gasteiger partial charge is 0.301 e. The Labute approximate surface area is 233 Å². The van der Waals surface area contributed by atoms with Crippen LogP contribution in [0, 0.1) is 12.7 Å². The number of ether oxygens (including phenoxy) is 1. The van der Waals surface area contributed by atoms with Crippen LogP contribution in [0.3, 0.4) is 0 Å². The summed E-state index contributed by atoms with van der Waals surface area (Å²) < 4.78 is 20.3. The molecule has 8 heteroatoms. The van der Waals surface area contributed by atoms with E-state index in [0.717, 1.165) is 22.5 Å². The number of amides is 1. The predicted molar refractivity (Wildman–Crippen MR) is 153 cm³/mol. The number of hydrogen-bond donors (Lipinski definition) is 1. The molecule has 0 spiro atoms. The van der Waals surface area contributed by atoms with Crippen molar-refractivity contribution in [3.05, 3.63) is 131 Å². The summed E-state index contributed by atoms with van der Waals surface area (Å²) in [7, 11) is 0. The Bertz CT molecular complexity index is 1760. The van der Waals surface area contributed by atoms with Crippen molar-refractivity contribution in [1.82, 2.24) is 4.98 Å². The lowest BCUT2D eigenvalue weighted by Gasteiger charge is -2.23. The summed E-state index contributed by atoms with van der Waals surface area (Å²) in [5.74, 6) is -1.73. The number of halogens is 1. The highest BCUT2D eigenvalue weighted by molar-refractivity contribution is 7.22. The van der Waals surface area contributed by atoms with Crippen molar-refractivity contribution in [2.24, 2.45) is 0 Å². The number of thiazole rings is 1. The van der Waals surface area contributed by atoms with Gasteiger partial charge in [0.2, 0.25) is 0 Å². The standard InChI is InChI=1S/C32H23FN2O4S/c1-19-7-9-22(10-8-19)29(36)27-28(21-11-14-24(15-12-21)39-18-20-5-3-2-4-6-20)35(31(38)30(27)37)32-34-25-16-13-23(33)17-26(25)40-32/h2-17,28,36H,18H2,1H3/b29-27+. The molecule has 0 saturated carbocycles. The van der Waals surface area contributed by atoms with Gasteiger partial charge in [-0.1, -0.05) is 83.6 Å². The van der Waals surface area contributed by atoms with Gasteiger partial charge in [-0.05, 0) is 48.4 Å². The van der Waals surface area contributed by atoms with Gasteiger partial charge in [0, 0.05) is 5.56 Å². The second-order valence-corrected chi connectivity index (χ2v) is 10.5. The number of aliphatic hydroxyl groups is 1. The quantitative estimate of drug-likeness (QED) is 0.141. The zero-order chi connectivity index (χ0) is 27.8. The molecule has 1 saturated heterocycles. The van der Waals surface area contributed by atoms with Crippen LogP contribution in [0.25, 0.3) is 16.0 Å². The zero-order valence-corrected chi connectivity index (χ0v) is 22.2. The molecule has 5 aromatic rings. The lowest BCUT2D eigenvalue weighted by Crippen LogP contribution is -2.29. The van der Waals surface area contributed by atoms with Crippen LogP contribution in [0.15, 0.2) is 103 Å². The third-order valence-corrected chi connectivity index (χ3v) is 7.78. The van der Waals surface area contributed by atoms with Crippen molar-refractivity contribution in [1.29, 1.82) is 0 Å². The minimum Gasteiger partial charge on any atom is -0.507 e. The fraction of sp³-hybridized carbons (Fsp3) is 0.0938. The van der Waals surface area contributed by atoms with Gasteiger partial charge in [0.25, 0.3) is 5.78 Å². The molecule has 6 nitrogen and oxygen atoms in total. The van der Waals surface area contributed by atoms with Gasteiger partial charge in [-0.2, -0.15) is 0 Å². The Morgan fingerprint density at radius 3 is 2.42 bits per heavy atom. The van der Waals surface area contributed by atoms with Gasteiger partial charge >= 0.3 is 5.91 Å². The topological polar surface area (TPSA) is 79.7 Å². The molecule has 2 heterocycles. The number of aromatic nitrogens is 1. The zero-order valence-electron chi connectivity index (χ0n) is 21.4. The number of benzene rings is 4. The van der Waals surface area contributed by atoms with Gasteiger partial charge in [0.15, 0.2) is 5.13 Å². The number of aryl methyl sites for hydroxylation is 1. The van der Waals surface area contributed by atoms with Crippen molar-refractivity contribution in [3.8, 4) is 5.75 Å². The largest absolute Gasteiger partial charge is 0.507 e. The van der Waals surface area contributed by atoms with Crippen LogP contribution in [0.1, 0.15) is 28.3 Å². The van der Waals surface area contributed by atoms with Gasteiger partial charge in [-0.15, -0.1) is 0 Å². The number of ketones is 1. The van der Waals surface area contributed by atoms with E-state index >= 15 is 0 Å². The number of nitrogens with zero attached hydrogens (tertiary/aromatic N) is 2.